The van der Waals surface area contributed by atoms with Crippen LogP contribution in [0.3, 0.4) is 0 Å². The van der Waals surface area contributed by atoms with E-state index in [2.05, 4.69) is 4.98 Å². The highest BCUT2D eigenvalue weighted by atomic mass is 19.1. The van der Waals surface area contributed by atoms with Gasteiger partial charge < -0.3 is 4.74 Å². The lowest BCUT2D eigenvalue weighted by atomic mass is 10.2. The first-order valence-electron chi connectivity index (χ1n) is 4.72. The molecule has 0 saturated carbocycles. The largest absolute Gasteiger partial charge is 0.489 e. The summed E-state index contributed by atoms with van der Waals surface area (Å²) in [6, 6.07) is 6.66. The van der Waals surface area contributed by atoms with Gasteiger partial charge in [-0.3, -0.25) is 4.98 Å². The van der Waals surface area contributed by atoms with Crippen molar-refractivity contribution in [2.45, 2.75) is 6.61 Å². The summed E-state index contributed by atoms with van der Waals surface area (Å²) < 4.78 is 31.0. The van der Waals surface area contributed by atoms with E-state index < -0.39 is 11.6 Å². The third-order valence-corrected chi connectivity index (χ3v) is 1.98. The maximum absolute atomic E-state index is 12.8. The highest BCUT2D eigenvalue weighted by Crippen LogP contribution is 2.12. The Bertz CT molecular complexity index is 453. The molecular formula is C12H9F2NO. The van der Waals surface area contributed by atoms with Crippen LogP contribution in [-0.4, -0.2) is 4.98 Å². The van der Waals surface area contributed by atoms with Crippen LogP contribution in [0.2, 0.25) is 0 Å². The van der Waals surface area contributed by atoms with Gasteiger partial charge in [0.05, 0.1) is 0 Å². The van der Waals surface area contributed by atoms with Crippen LogP contribution in [0.4, 0.5) is 8.78 Å². The van der Waals surface area contributed by atoms with Crippen molar-refractivity contribution in [2.75, 3.05) is 0 Å². The maximum atomic E-state index is 12.8. The fraction of sp³-hybridized carbons (Fsp3) is 0.0833. The molecule has 0 saturated heterocycles. The molecule has 0 fully saturated rings. The van der Waals surface area contributed by atoms with Gasteiger partial charge >= 0.3 is 0 Å². The fourth-order valence-corrected chi connectivity index (χ4v) is 1.30. The minimum atomic E-state index is -0.603. The van der Waals surface area contributed by atoms with Gasteiger partial charge in [0.25, 0.3) is 0 Å². The standard InChI is InChI=1S/C12H9F2NO/c13-10-5-9(6-11(14)7-10)8-16-12-1-3-15-4-2-12/h1-7H,8H2. The van der Waals surface area contributed by atoms with Gasteiger partial charge in [-0.15, -0.1) is 0 Å². The summed E-state index contributed by atoms with van der Waals surface area (Å²) in [4.78, 5) is 3.83. The Morgan fingerprint density at radius 3 is 2.25 bits per heavy atom. The summed E-state index contributed by atoms with van der Waals surface area (Å²) in [5.74, 6) is -0.596. The van der Waals surface area contributed by atoms with E-state index in [1.807, 2.05) is 0 Å². The van der Waals surface area contributed by atoms with Crippen LogP contribution >= 0.6 is 0 Å². The molecule has 0 aliphatic carbocycles. The van der Waals surface area contributed by atoms with Gasteiger partial charge in [-0.25, -0.2) is 8.78 Å². The Labute approximate surface area is 91.5 Å². The highest BCUT2D eigenvalue weighted by molar-refractivity contribution is 5.20. The molecular weight excluding hydrogens is 212 g/mol. The maximum Gasteiger partial charge on any atom is 0.126 e. The molecule has 4 heteroatoms. The van der Waals surface area contributed by atoms with Crippen molar-refractivity contribution in [3.05, 3.63) is 59.9 Å². The predicted octanol–water partition coefficient (Wildman–Crippen LogP) is 2.94. The average Bonchev–Trinajstić information content (AvgIpc) is 2.27. The van der Waals surface area contributed by atoms with E-state index in [4.69, 9.17) is 4.74 Å². The molecule has 1 aromatic heterocycles. The normalized spacial score (nSPS) is 10.1. The van der Waals surface area contributed by atoms with Crippen LogP contribution in [0.5, 0.6) is 5.75 Å². The average molecular weight is 221 g/mol. The quantitative estimate of drug-likeness (QED) is 0.795. The molecule has 0 atom stereocenters. The summed E-state index contributed by atoms with van der Waals surface area (Å²) >= 11 is 0. The molecule has 2 aromatic rings. The molecule has 0 unspecified atom stereocenters. The third kappa shape index (κ3) is 2.76. The van der Waals surface area contributed by atoms with Gasteiger partial charge in [-0.05, 0) is 29.8 Å². The smallest absolute Gasteiger partial charge is 0.126 e. The second-order valence-corrected chi connectivity index (χ2v) is 3.25. The van der Waals surface area contributed by atoms with Crippen LogP contribution < -0.4 is 4.74 Å². The van der Waals surface area contributed by atoms with Crippen molar-refractivity contribution in [3.63, 3.8) is 0 Å². The predicted molar refractivity (Wildman–Crippen MR) is 54.9 cm³/mol. The number of hydrogen-bond acceptors (Lipinski definition) is 2. The molecule has 1 heterocycles. The van der Waals surface area contributed by atoms with Crippen LogP contribution in [0.15, 0.2) is 42.7 Å². The Balaban J connectivity index is 2.05. The van der Waals surface area contributed by atoms with E-state index in [9.17, 15) is 8.78 Å². The number of ether oxygens (including phenoxy) is 1. The zero-order valence-electron chi connectivity index (χ0n) is 8.36. The summed E-state index contributed by atoms with van der Waals surface area (Å²) in [5.41, 5.74) is 0.453. The lowest BCUT2D eigenvalue weighted by Gasteiger charge is -2.05. The molecule has 16 heavy (non-hydrogen) atoms. The first-order valence-corrected chi connectivity index (χ1v) is 4.72. The number of aromatic nitrogens is 1. The fourth-order valence-electron chi connectivity index (χ4n) is 1.30. The molecule has 82 valence electrons. The van der Waals surface area contributed by atoms with Crippen LogP contribution in [-0.2, 0) is 6.61 Å². The molecule has 0 radical (unpaired) electrons. The molecule has 0 aliphatic rings. The Kier molecular flexibility index (Phi) is 3.10. The van der Waals surface area contributed by atoms with Crippen molar-refractivity contribution in [1.82, 2.24) is 4.98 Å². The summed E-state index contributed by atoms with van der Waals surface area (Å²) in [6.45, 7) is 0.124. The number of hydrogen-bond donors (Lipinski definition) is 0. The molecule has 0 N–H and O–H groups in total. The topological polar surface area (TPSA) is 22.1 Å². The van der Waals surface area contributed by atoms with Crippen LogP contribution in [0.1, 0.15) is 5.56 Å². The lowest BCUT2D eigenvalue weighted by Crippen LogP contribution is -1.97. The summed E-state index contributed by atoms with van der Waals surface area (Å²) in [7, 11) is 0. The van der Waals surface area contributed by atoms with Crippen molar-refractivity contribution in [2.24, 2.45) is 0 Å². The molecule has 0 spiro atoms. The molecule has 0 bridgehead atoms. The zero-order valence-corrected chi connectivity index (χ0v) is 8.36. The van der Waals surface area contributed by atoms with Gasteiger partial charge in [0.2, 0.25) is 0 Å². The molecule has 0 aliphatic heterocycles. The van der Waals surface area contributed by atoms with Gasteiger partial charge in [0.15, 0.2) is 0 Å². The number of benzene rings is 1. The molecule has 1 aromatic carbocycles. The number of pyridine rings is 1. The zero-order chi connectivity index (χ0) is 11.4. The second kappa shape index (κ2) is 4.70. The van der Waals surface area contributed by atoms with Crippen molar-refractivity contribution < 1.29 is 13.5 Å². The van der Waals surface area contributed by atoms with Crippen molar-refractivity contribution in [3.8, 4) is 5.75 Å². The SMILES string of the molecule is Fc1cc(F)cc(COc2ccncc2)c1. The number of rotatable bonds is 3. The molecule has 2 nitrogen and oxygen atoms in total. The van der Waals surface area contributed by atoms with E-state index in [0.29, 0.717) is 11.3 Å². The van der Waals surface area contributed by atoms with Gasteiger partial charge in [-0.1, -0.05) is 0 Å². The van der Waals surface area contributed by atoms with E-state index in [0.717, 1.165) is 6.07 Å². The van der Waals surface area contributed by atoms with Crippen LogP contribution in [0.25, 0.3) is 0 Å². The van der Waals surface area contributed by atoms with Crippen molar-refractivity contribution in [1.29, 1.82) is 0 Å². The van der Waals surface area contributed by atoms with E-state index >= 15 is 0 Å². The van der Waals surface area contributed by atoms with Crippen molar-refractivity contribution >= 4 is 0 Å². The van der Waals surface area contributed by atoms with E-state index in [1.165, 1.54) is 12.1 Å². The minimum absolute atomic E-state index is 0.124. The third-order valence-electron chi connectivity index (χ3n) is 1.98. The van der Waals surface area contributed by atoms with Gasteiger partial charge in [-0.2, -0.15) is 0 Å². The minimum Gasteiger partial charge on any atom is -0.489 e. The second-order valence-electron chi connectivity index (χ2n) is 3.25. The van der Waals surface area contributed by atoms with Crippen LogP contribution in [0, 0.1) is 11.6 Å². The summed E-state index contributed by atoms with van der Waals surface area (Å²) in [5, 5.41) is 0. The number of nitrogens with zero attached hydrogens (tertiary/aromatic N) is 1. The van der Waals surface area contributed by atoms with Gasteiger partial charge in [0.1, 0.15) is 24.0 Å². The Morgan fingerprint density at radius 1 is 1.00 bits per heavy atom. The molecule has 0 amide bonds. The number of halogens is 2. The highest BCUT2D eigenvalue weighted by Gasteiger charge is 2.01. The Hall–Kier alpha value is -1.97. The molecule has 2 rings (SSSR count). The monoisotopic (exact) mass is 221 g/mol. The lowest BCUT2D eigenvalue weighted by molar-refractivity contribution is 0.304. The first kappa shape index (κ1) is 10.5. The summed E-state index contributed by atoms with van der Waals surface area (Å²) in [6.07, 6.45) is 3.17. The Morgan fingerprint density at radius 2 is 1.62 bits per heavy atom. The van der Waals surface area contributed by atoms with E-state index in [-0.39, 0.29) is 6.61 Å². The van der Waals surface area contributed by atoms with Gasteiger partial charge in [0, 0.05) is 18.5 Å². The van der Waals surface area contributed by atoms with E-state index in [1.54, 1.807) is 24.5 Å². The first-order chi connectivity index (χ1) is 7.74.